The molecule has 6 heteroatoms. The van der Waals surface area contributed by atoms with Crippen LogP contribution in [0.3, 0.4) is 0 Å². The summed E-state index contributed by atoms with van der Waals surface area (Å²) in [6.07, 6.45) is 1.05. The van der Waals surface area contributed by atoms with Gasteiger partial charge in [0.15, 0.2) is 0 Å². The van der Waals surface area contributed by atoms with Gasteiger partial charge in [0.2, 0.25) is 10.0 Å². The molecule has 1 aliphatic rings. The average Bonchev–Trinajstić information content (AvgIpc) is 2.90. The lowest BCUT2D eigenvalue weighted by molar-refractivity contribution is 0.394. The highest BCUT2D eigenvalue weighted by molar-refractivity contribution is 7.89. The van der Waals surface area contributed by atoms with Gasteiger partial charge in [0.1, 0.15) is 0 Å². The Morgan fingerprint density at radius 3 is 2.52 bits per heavy atom. The zero-order valence-corrected chi connectivity index (χ0v) is 13.8. The minimum absolute atomic E-state index is 0.212. The summed E-state index contributed by atoms with van der Waals surface area (Å²) in [5.74, 6) is 0.411. The van der Waals surface area contributed by atoms with Gasteiger partial charge in [-0.2, -0.15) is 0 Å². The molecule has 1 aromatic rings. The Balaban J connectivity index is 1.98. The molecule has 1 fully saturated rings. The number of rotatable bonds is 6. The molecule has 2 atom stereocenters. The van der Waals surface area contributed by atoms with Crippen molar-refractivity contribution in [3.8, 4) is 0 Å². The summed E-state index contributed by atoms with van der Waals surface area (Å²) in [5, 5.41) is 3.14. The van der Waals surface area contributed by atoms with Gasteiger partial charge in [-0.3, -0.25) is 0 Å². The van der Waals surface area contributed by atoms with Crippen LogP contribution in [0.15, 0.2) is 29.2 Å². The van der Waals surface area contributed by atoms with E-state index < -0.39 is 10.0 Å². The molecule has 118 valence electrons. The Kier molecular flexibility index (Phi) is 5.37. The van der Waals surface area contributed by atoms with E-state index in [9.17, 15) is 8.42 Å². The molecule has 0 radical (unpaired) electrons. The molecule has 5 nitrogen and oxygen atoms in total. The topological polar surface area (TPSA) is 61.4 Å². The second-order valence-corrected chi connectivity index (χ2v) is 7.62. The van der Waals surface area contributed by atoms with Crippen LogP contribution < -0.4 is 10.0 Å². The van der Waals surface area contributed by atoms with Gasteiger partial charge in [-0.15, -0.1) is 0 Å². The first-order valence-corrected chi connectivity index (χ1v) is 8.86. The molecular formula is C15H25N3O2S. The van der Waals surface area contributed by atoms with Crippen molar-refractivity contribution in [2.24, 2.45) is 5.92 Å². The van der Waals surface area contributed by atoms with Gasteiger partial charge in [-0.1, -0.05) is 12.1 Å². The average molecular weight is 311 g/mol. The van der Waals surface area contributed by atoms with Crippen LogP contribution in [-0.4, -0.2) is 47.0 Å². The molecule has 0 aromatic heterocycles. The first-order chi connectivity index (χ1) is 9.92. The SMILES string of the molecule is CNC(C)c1ccc(S(=O)(=O)NCC2CCN(C)C2)cc1. The predicted octanol–water partition coefficient (Wildman–Crippen LogP) is 1.20. The highest BCUT2D eigenvalue weighted by Crippen LogP contribution is 2.17. The molecule has 0 spiro atoms. The van der Waals surface area contributed by atoms with E-state index in [1.165, 1.54) is 0 Å². The molecule has 1 aromatic carbocycles. The normalized spacial score (nSPS) is 21.6. The number of benzene rings is 1. The Hall–Kier alpha value is -0.950. The van der Waals surface area contributed by atoms with E-state index >= 15 is 0 Å². The van der Waals surface area contributed by atoms with E-state index in [1.807, 2.05) is 26.1 Å². The number of hydrogen-bond donors (Lipinski definition) is 2. The van der Waals surface area contributed by atoms with E-state index in [0.29, 0.717) is 17.4 Å². The van der Waals surface area contributed by atoms with Crippen LogP contribution >= 0.6 is 0 Å². The molecule has 2 N–H and O–H groups in total. The Bertz CT molecular complexity index is 557. The molecular weight excluding hydrogens is 286 g/mol. The van der Waals surface area contributed by atoms with Crippen molar-refractivity contribution in [2.45, 2.75) is 24.3 Å². The van der Waals surface area contributed by atoms with Crippen molar-refractivity contribution in [1.29, 1.82) is 0 Å². The maximum atomic E-state index is 12.3. The minimum Gasteiger partial charge on any atom is -0.313 e. The second-order valence-electron chi connectivity index (χ2n) is 5.85. The van der Waals surface area contributed by atoms with Gasteiger partial charge in [0, 0.05) is 19.1 Å². The van der Waals surface area contributed by atoms with Gasteiger partial charge >= 0.3 is 0 Å². The van der Waals surface area contributed by atoms with E-state index in [0.717, 1.165) is 25.1 Å². The quantitative estimate of drug-likeness (QED) is 0.829. The Labute approximate surface area is 127 Å². The van der Waals surface area contributed by atoms with E-state index in [1.54, 1.807) is 12.1 Å². The molecule has 2 unspecified atom stereocenters. The van der Waals surface area contributed by atoms with Crippen molar-refractivity contribution in [2.75, 3.05) is 33.7 Å². The molecule has 21 heavy (non-hydrogen) atoms. The molecule has 0 amide bonds. The van der Waals surface area contributed by atoms with E-state index in [4.69, 9.17) is 0 Å². The molecule has 0 bridgehead atoms. The minimum atomic E-state index is -3.40. The zero-order chi connectivity index (χ0) is 15.5. The van der Waals surface area contributed by atoms with Crippen LogP contribution in [0.5, 0.6) is 0 Å². The summed E-state index contributed by atoms with van der Waals surface area (Å²) in [5.41, 5.74) is 1.08. The molecule has 1 aliphatic heterocycles. The lowest BCUT2D eigenvalue weighted by Crippen LogP contribution is -2.30. The predicted molar refractivity (Wildman–Crippen MR) is 84.7 cm³/mol. The summed E-state index contributed by atoms with van der Waals surface area (Å²) in [6, 6.07) is 7.28. The van der Waals surface area contributed by atoms with Crippen molar-refractivity contribution in [1.82, 2.24) is 14.9 Å². The fourth-order valence-electron chi connectivity index (χ4n) is 2.61. The first-order valence-electron chi connectivity index (χ1n) is 7.38. The second kappa shape index (κ2) is 6.87. The monoisotopic (exact) mass is 311 g/mol. The summed E-state index contributed by atoms with van der Waals surface area (Å²) in [6.45, 7) is 4.56. The third kappa shape index (κ3) is 4.26. The van der Waals surface area contributed by atoms with Crippen LogP contribution in [0.1, 0.15) is 24.9 Å². The number of likely N-dealkylation sites (tertiary alicyclic amines) is 1. The van der Waals surface area contributed by atoms with Crippen LogP contribution in [0.2, 0.25) is 0 Å². The summed E-state index contributed by atoms with van der Waals surface area (Å²) >= 11 is 0. The lowest BCUT2D eigenvalue weighted by Gasteiger charge is -2.14. The fraction of sp³-hybridized carbons (Fsp3) is 0.600. The summed E-state index contributed by atoms with van der Waals surface area (Å²) in [7, 11) is 0.547. The molecule has 0 saturated carbocycles. The van der Waals surface area contributed by atoms with Gasteiger partial charge in [0.05, 0.1) is 4.90 Å². The van der Waals surface area contributed by atoms with Crippen LogP contribution in [0.4, 0.5) is 0 Å². The zero-order valence-electron chi connectivity index (χ0n) is 13.0. The number of sulfonamides is 1. The maximum Gasteiger partial charge on any atom is 0.240 e. The van der Waals surface area contributed by atoms with Crippen molar-refractivity contribution >= 4 is 10.0 Å². The maximum absolute atomic E-state index is 12.3. The molecule has 1 saturated heterocycles. The number of nitrogens with zero attached hydrogens (tertiary/aromatic N) is 1. The van der Waals surface area contributed by atoms with Crippen molar-refractivity contribution in [3.63, 3.8) is 0 Å². The third-order valence-electron chi connectivity index (χ3n) is 4.17. The van der Waals surface area contributed by atoms with Gasteiger partial charge in [0.25, 0.3) is 0 Å². The van der Waals surface area contributed by atoms with Gasteiger partial charge in [-0.05, 0) is 57.6 Å². The molecule has 1 heterocycles. The van der Waals surface area contributed by atoms with Crippen LogP contribution in [0.25, 0.3) is 0 Å². The number of hydrogen-bond acceptors (Lipinski definition) is 4. The van der Waals surface area contributed by atoms with Gasteiger partial charge in [-0.25, -0.2) is 13.1 Å². The van der Waals surface area contributed by atoms with Crippen LogP contribution in [0, 0.1) is 5.92 Å². The number of nitrogens with one attached hydrogen (secondary N) is 2. The highest BCUT2D eigenvalue weighted by atomic mass is 32.2. The largest absolute Gasteiger partial charge is 0.313 e. The molecule has 0 aliphatic carbocycles. The summed E-state index contributed by atoms with van der Waals surface area (Å²) in [4.78, 5) is 2.56. The van der Waals surface area contributed by atoms with Crippen molar-refractivity contribution < 1.29 is 8.42 Å². The fourth-order valence-corrected chi connectivity index (χ4v) is 3.72. The summed E-state index contributed by atoms with van der Waals surface area (Å²) < 4.78 is 27.3. The lowest BCUT2D eigenvalue weighted by atomic mass is 10.1. The molecule has 2 rings (SSSR count). The van der Waals surface area contributed by atoms with E-state index in [-0.39, 0.29) is 6.04 Å². The van der Waals surface area contributed by atoms with E-state index in [2.05, 4.69) is 22.0 Å². The van der Waals surface area contributed by atoms with Crippen LogP contribution in [-0.2, 0) is 10.0 Å². The Morgan fingerprint density at radius 2 is 2.00 bits per heavy atom. The Morgan fingerprint density at radius 1 is 1.33 bits per heavy atom. The first kappa shape index (κ1) is 16.4. The smallest absolute Gasteiger partial charge is 0.240 e. The standard InChI is InChI=1S/C15H25N3O2S/c1-12(16-2)14-4-6-15(7-5-14)21(19,20)17-10-13-8-9-18(3)11-13/h4-7,12-13,16-17H,8-11H2,1-3H3. The third-order valence-corrected chi connectivity index (χ3v) is 5.61. The highest BCUT2D eigenvalue weighted by Gasteiger charge is 2.22. The van der Waals surface area contributed by atoms with Crippen molar-refractivity contribution in [3.05, 3.63) is 29.8 Å². The van der Waals surface area contributed by atoms with Gasteiger partial charge < -0.3 is 10.2 Å².